The van der Waals surface area contributed by atoms with Gasteiger partial charge in [-0.15, -0.1) is 5.10 Å². The van der Waals surface area contributed by atoms with E-state index in [0.717, 1.165) is 10.2 Å². The lowest BCUT2D eigenvalue weighted by Crippen LogP contribution is -2.25. The molecule has 1 heterocycles. The van der Waals surface area contributed by atoms with E-state index in [1.54, 1.807) is 12.1 Å². The normalized spacial score (nSPS) is 10.9. The molecular weight excluding hydrogens is 320 g/mol. The molecule has 0 amide bonds. The van der Waals surface area contributed by atoms with Crippen LogP contribution in [0.2, 0.25) is 5.02 Å². The maximum absolute atomic E-state index is 12.5. The largest absolute Gasteiger partial charge is 0.277 e. The first-order valence-electron chi connectivity index (χ1n) is 6.72. The summed E-state index contributed by atoms with van der Waals surface area (Å²) < 4.78 is 1.15. The molecule has 0 N–H and O–H groups in total. The third kappa shape index (κ3) is 2.91. The number of aromatic nitrogens is 3. The molecule has 8 heteroatoms. The molecule has 0 unspecified atom stereocenters. The van der Waals surface area contributed by atoms with Crippen LogP contribution >= 0.6 is 11.6 Å². The Bertz CT molecular complexity index is 984. The predicted molar refractivity (Wildman–Crippen MR) is 85.7 cm³/mol. The summed E-state index contributed by atoms with van der Waals surface area (Å²) in [6.45, 7) is 1.89. The van der Waals surface area contributed by atoms with Gasteiger partial charge in [0.25, 0.3) is 11.2 Å². The van der Waals surface area contributed by atoms with E-state index in [9.17, 15) is 14.9 Å². The van der Waals surface area contributed by atoms with E-state index in [2.05, 4.69) is 10.3 Å². The summed E-state index contributed by atoms with van der Waals surface area (Å²) in [5, 5.41) is 19.5. The lowest BCUT2D eigenvalue weighted by atomic mass is 10.1. The number of non-ortho nitro benzene ring substituents is 1. The Hall–Kier alpha value is -2.80. The average molecular weight is 331 g/mol. The molecule has 0 saturated carbocycles. The molecule has 2 aromatic carbocycles. The second-order valence-corrected chi connectivity index (χ2v) is 5.51. The van der Waals surface area contributed by atoms with Gasteiger partial charge in [-0.3, -0.25) is 14.9 Å². The van der Waals surface area contributed by atoms with Gasteiger partial charge >= 0.3 is 0 Å². The molecule has 0 radical (unpaired) electrons. The third-order valence-corrected chi connectivity index (χ3v) is 3.81. The fraction of sp³-hybridized carbons (Fsp3) is 0.133. The summed E-state index contributed by atoms with van der Waals surface area (Å²) in [4.78, 5) is 22.8. The Morgan fingerprint density at radius 2 is 2.04 bits per heavy atom. The van der Waals surface area contributed by atoms with Crippen LogP contribution in [0, 0.1) is 17.0 Å². The van der Waals surface area contributed by atoms with Gasteiger partial charge in [-0.2, -0.15) is 0 Å². The monoisotopic (exact) mass is 330 g/mol. The van der Waals surface area contributed by atoms with Crippen LogP contribution in [-0.2, 0) is 6.54 Å². The highest BCUT2D eigenvalue weighted by Gasteiger charge is 2.12. The molecule has 3 rings (SSSR count). The van der Waals surface area contributed by atoms with Gasteiger partial charge in [-0.05, 0) is 30.7 Å². The minimum Gasteiger partial charge on any atom is -0.267 e. The summed E-state index contributed by atoms with van der Waals surface area (Å²) in [5.41, 5.74) is 1.46. The quantitative estimate of drug-likeness (QED) is 0.544. The van der Waals surface area contributed by atoms with Gasteiger partial charge in [0.05, 0.1) is 16.9 Å². The number of nitrogens with zero attached hydrogens (tertiary/aromatic N) is 4. The number of rotatable bonds is 3. The van der Waals surface area contributed by atoms with Crippen LogP contribution in [0.15, 0.2) is 41.2 Å². The predicted octanol–water partition coefficient (Wildman–Crippen LogP) is 2.71. The van der Waals surface area contributed by atoms with Crippen molar-refractivity contribution in [2.24, 2.45) is 0 Å². The summed E-state index contributed by atoms with van der Waals surface area (Å²) in [6.07, 6.45) is 0. The first-order valence-corrected chi connectivity index (χ1v) is 7.10. The maximum atomic E-state index is 12.5. The lowest BCUT2D eigenvalue weighted by Gasteiger charge is -2.07. The van der Waals surface area contributed by atoms with Crippen molar-refractivity contribution in [2.75, 3.05) is 0 Å². The van der Waals surface area contributed by atoms with Crippen LogP contribution in [0.5, 0.6) is 0 Å². The van der Waals surface area contributed by atoms with Crippen molar-refractivity contribution in [1.82, 2.24) is 15.0 Å². The Kier molecular flexibility index (Phi) is 3.79. The molecule has 0 aliphatic carbocycles. The minimum atomic E-state index is -0.516. The average Bonchev–Trinajstić information content (AvgIpc) is 2.52. The van der Waals surface area contributed by atoms with E-state index in [1.165, 1.54) is 18.2 Å². The second kappa shape index (κ2) is 5.77. The molecule has 3 aromatic rings. The molecule has 0 aliphatic rings. The molecule has 23 heavy (non-hydrogen) atoms. The van der Waals surface area contributed by atoms with E-state index >= 15 is 0 Å². The maximum Gasteiger partial charge on any atom is 0.277 e. The molecule has 116 valence electrons. The fourth-order valence-electron chi connectivity index (χ4n) is 2.25. The van der Waals surface area contributed by atoms with Crippen LogP contribution in [0.25, 0.3) is 10.9 Å². The molecule has 7 nitrogen and oxygen atoms in total. The van der Waals surface area contributed by atoms with E-state index in [0.29, 0.717) is 21.5 Å². The lowest BCUT2D eigenvalue weighted by molar-refractivity contribution is -0.384. The van der Waals surface area contributed by atoms with Crippen molar-refractivity contribution in [2.45, 2.75) is 13.5 Å². The van der Waals surface area contributed by atoms with Gasteiger partial charge in [-0.25, -0.2) is 4.68 Å². The highest BCUT2D eigenvalue weighted by molar-refractivity contribution is 6.31. The molecule has 0 fully saturated rings. The number of hydrogen-bond donors (Lipinski definition) is 0. The van der Waals surface area contributed by atoms with Crippen LogP contribution in [0.1, 0.15) is 11.1 Å². The van der Waals surface area contributed by atoms with Gasteiger partial charge in [0.1, 0.15) is 5.52 Å². The number of fused-ring (bicyclic) bond motifs is 1. The van der Waals surface area contributed by atoms with Crippen molar-refractivity contribution in [1.29, 1.82) is 0 Å². The van der Waals surface area contributed by atoms with Gasteiger partial charge in [-0.1, -0.05) is 28.4 Å². The van der Waals surface area contributed by atoms with Crippen molar-refractivity contribution >= 4 is 28.2 Å². The van der Waals surface area contributed by atoms with Crippen LogP contribution < -0.4 is 5.56 Å². The molecule has 0 bridgehead atoms. The van der Waals surface area contributed by atoms with E-state index < -0.39 is 4.92 Å². The van der Waals surface area contributed by atoms with Crippen LogP contribution in [0.3, 0.4) is 0 Å². The first kappa shape index (κ1) is 15.1. The summed E-state index contributed by atoms with van der Waals surface area (Å²) in [7, 11) is 0. The Balaban J connectivity index is 2.09. The number of aryl methyl sites for hydroxylation is 1. The number of halogens is 1. The zero-order chi connectivity index (χ0) is 16.6. The molecular formula is C15H11ClN4O3. The van der Waals surface area contributed by atoms with Crippen LogP contribution in [-0.4, -0.2) is 19.9 Å². The van der Waals surface area contributed by atoms with Gasteiger partial charge in [0.15, 0.2) is 0 Å². The van der Waals surface area contributed by atoms with Gasteiger partial charge in [0, 0.05) is 17.2 Å². The summed E-state index contributed by atoms with van der Waals surface area (Å²) in [6, 6.07) is 9.37. The Morgan fingerprint density at radius 3 is 2.78 bits per heavy atom. The van der Waals surface area contributed by atoms with Gasteiger partial charge < -0.3 is 0 Å². The highest BCUT2D eigenvalue weighted by atomic mass is 35.5. The minimum absolute atomic E-state index is 0.0101. The second-order valence-electron chi connectivity index (χ2n) is 5.11. The van der Waals surface area contributed by atoms with Crippen molar-refractivity contribution in [3.63, 3.8) is 0 Å². The van der Waals surface area contributed by atoms with Crippen molar-refractivity contribution in [3.05, 3.63) is 73.0 Å². The third-order valence-electron chi connectivity index (χ3n) is 3.44. The van der Waals surface area contributed by atoms with E-state index in [-0.39, 0.29) is 17.8 Å². The molecule has 1 aromatic heterocycles. The fourth-order valence-corrected chi connectivity index (χ4v) is 2.43. The van der Waals surface area contributed by atoms with Crippen molar-refractivity contribution in [3.8, 4) is 0 Å². The zero-order valence-electron chi connectivity index (χ0n) is 12.1. The zero-order valence-corrected chi connectivity index (χ0v) is 12.8. The van der Waals surface area contributed by atoms with E-state index in [4.69, 9.17) is 11.6 Å². The summed E-state index contributed by atoms with van der Waals surface area (Å²) in [5.74, 6) is 0. The SMILES string of the molecule is Cc1ccc2nnn(Cc3cc([N+](=O)[O-])ccc3Cl)c(=O)c2c1. The highest BCUT2D eigenvalue weighted by Crippen LogP contribution is 2.22. The standard InChI is InChI=1S/C15H11ClN4O3/c1-9-2-5-14-12(6-9)15(21)19(18-17-14)8-10-7-11(20(22)23)3-4-13(10)16/h2-7H,8H2,1H3. The Labute approximate surface area is 135 Å². The van der Waals surface area contributed by atoms with Gasteiger partial charge in [0.2, 0.25) is 0 Å². The number of nitro groups is 1. The number of hydrogen-bond acceptors (Lipinski definition) is 5. The molecule has 0 spiro atoms. The molecule has 0 saturated heterocycles. The number of nitro benzene ring substituents is 1. The summed E-state index contributed by atoms with van der Waals surface area (Å²) >= 11 is 6.06. The topological polar surface area (TPSA) is 90.9 Å². The molecule has 0 aliphatic heterocycles. The van der Waals surface area contributed by atoms with Crippen molar-refractivity contribution < 1.29 is 4.92 Å². The van der Waals surface area contributed by atoms with E-state index in [1.807, 2.05) is 13.0 Å². The smallest absolute Gasteiger partial charge is 0.267 e. The first-order chi connectivity index (χ1) is 11.0. The van der Waals surface area contributed by atoms with Crippen LogP contribution in [0.4, 0.5) is 5.69 Å². The molecule has 0 atom stereocenters. The Morgan fingerprint density at radius 1 is 1.26 bits per heavy atom. The number of benzene rings is 2.